The van der Waals surface area contributed by atoms with Crippen LogP contribution in [-0.2, 0) is 16.0 Å². The van der Waals surface area contributed by atoms with E-state index in [1.165, 1.54) is 9.91 Å². The molecule has 0 radical (unpaired) electrons. The van der Waals surface area contributed by atoms with Crippen molar-refractivity contribution in [1.82, 2.24) is 15.4 Å². The molecule has 1 aromatic carbocycles. The number of nitrogens with zero attached hydrogens (tertiary/aromatic N) is 4. The van der Waals surface area contributed by atoms with Crippen LogP contribution >= 0.6 is 23.2 Å². The maximum absolute atomic E-state index is 15.0. The Bertz CT molecular complexity index is 1110. The van der Waals surface area contributed by atoms with E-state index in [0.29, 0.717) is 16.3 Å². The molecule has 1 aromatic heterocycles. The average molecular weight is 529 g/mol. The number of carbonyl (C=O) groups excluding carboxylic acids is 2. The van der Waals surface area contributed by atoms with Gasteiger partial charge in [-0.2, -0.15) is 0 Å². The lowest BCUT2D eigenvalue weighted by Gasteiger charge is -2.25. The number of rotatable bonds is 5. The predicted octanol–water partition coefficient (Wildman–Crippen LogP) is 2.65. The number of hydrazine groups is 1. The molecule has 0 spiro atoms. The first-order valence-electron chi connectivity index (χ1n) is 11.0. The quantitative estimate of drug-likeness (QED) is 0.575. The zero-order chi connectivity index (χ0) is 25.3. The van der Waals surface area contributed by atoms with Gasteiger partial charge in [-0.05, 0) is 13.0 Å². The number of nitrogens with two attached hydrogens (primary N) is 1. The number of aryl methyl sites for hydroxylation is 1. The molecule has 0 aliphatic carbocycles. The number of benzene rings is 1. The van der Waals surface area contributed by atoms with Gasteiger partial charge in [0.25, 0.3) is 0 Å². The fourth-order valence-corrected chi connectivity index (χ4v) is 4.73. The summed E-state index contributed by atoms with van der Waals surface area (Å²) in [6.45, 7) is 2.79. The molecule has 2 saturated heterocycles. The summed E-state index contributed by atoms with van der Waals surface area (Å²) in [5.41, 5.74) is 9.36. The van der Waals surface area contributed by atoms with Gasteiger partial charge in [-0.3, -0.25) is 14.7 Å². The topological polar surface area (TPSA) is 104 Å². The summed E-state index contributed by atoms with van der Waals surface area (Å²) in [4.78, 5) is 31.7. The van der Waals surface area contributed by atoms with Crippen molar-refractivity contribution in [2.24, 2.45) is 5.73 Å². The highest BCUT2D eigenvalue weighted by molar-refractivity contribution is 6.35. The second-order valence-electron chi connectivity index (χ2n) is 8.24. The molecule has 0 saturated carbocycles. The Kier molecular flexibility index (Phi) is 7.60. The first-order chi connectivity index (χ1) is 16.7. The van der Waals surface area contributed by atoms with Gasteiger partial charge in [0.15, 0.2) is 11.6 Å². The number of carbonyl (C=O) groups is 2. The van der Waals surface area contributed by atoms with Crippen molar-refractivity contribution in [3.63, 3.8) is 0 Å². The lowest BCUT2D eigenvalue weighted by molar-refractivity contribution is -0.133. The number of nitrogens with one attached hydrogen (secondary N) is 1. The Balaban J connectivity index is 1.46. The van der Waals surface area contributed by atoms with Gasteiger partial charge in [-0.1, -0.05) is 23.2 Å². The molecule has 2 aliphatic heterocycles. The van der Waals surface area contributed by atoms with Gasteiger partial charge in [0.05, 0.1) is 25.2 Å². The van der Waals surface area contributed by atoms with Crippen LogP contribution in [0, 0.1) is 18.6 Å². The number of hydrogen-bond acceptors (Lipinski definition) is 7. The van der Waals surface area contributed by atoms with E-state index in [4.69, 9.17) is 33.7 Å². The largest absolute Gasteiger partial charge is 0.443 e. The average Bonchev–Trinajstić information content (AvgIpc) is 3.01. The summed E-state index contributed by atoms with van der Waals surface area (Å²) in [6.07, 6.45) is -1.32. The summed E-state index contributed by atoms with van der Waals surface area (Å²) in [5, 5.41) is 1.88. The highest BCUT2D eigenvalue weighted by Gasteiger charge is 2.33. The molecule has 2 fully saturated rings. The Labute approximate surface area is 210 Å². The van der Waals surface area contributed by atoms with Gasteiger partial charge in [0.2, 0.25) is 5.91 Å². The molecular formula is C22H24Cl2F2N6O3. The Morgan fingerprint density at radius 2 is 1.94 bits per heavy atom. The molecular weight excluding hydrogens is 505 g/mol. The normalized spacial score (nSPS) is 18.6. The SMILES string of the molecule is Cc1cc(Cl)c(CC(=O)N2CCN(c3c(F)cc(N4C[C@H](CN)OC4=O)cc3F)CCN2)c(Cl)n1. The molecule has 3 N–H and O–H groups in total. The zero-order valence-electron chi connectivity index (χ0n) is 18.9. The van der Waals surface area contributed by atoms with Crippen molar-refractivity contribution in [3.8, 4) is 0 Å². The number of anilines is 2. The minimum atomic E-state index is -0.826. The van der Waals surface area contributed by atoms with Crippen LogP contribution < -0.4 is 21.0 Å². The first kappa shape index (κ1) is 25.4. The fraction of sp³-hybridized carbons (Fsp3) is 0.409. The van der Waals surface area contributed by atoms with Gasteiger partial charge < -0.3 is 15.4 Å². The maximum Gasteiger partial charge on any atom is 0.414 e. The molecule has 188 valence electrons. The smallest absolute Gasteiger partial charge is 0.414 e. The predicted molar refractivity (Wildman–Crippen MR) is 128 cm³/mol. The van der Waals surface area contributed by atoms with Gasteiger partial charge in [-0.15, -0.1) is 0 Å². The van der Waals surface area contributed by atoms with Crippen LogP contribution in [0.15, 0.2) is 18.2 Å². The van der Waals surface area contributed by atoms with E-state index in [1.807, 2.05) is 0 Å². The third kappa shape index (κ3) is 5.43. The van der Waals surface area contributed by atoms with Gasteiger partial charge in [0.1, 0.15) is 16.9 Å². The fourth-order valence-electron chi connectivity index (χ4n) is 4.06. The molecule has 13 heteroatoms. The number of aromatic nitrogens is 1. The number of halogens is 4. The van der Waals surface area contributed by atoms with E-state index in [1.54, 1.807) is 13.0 Å². The lowest BCUT2D eigenvalue weighted by Crippen LogP contribution is -2.44. The summed E-state index contributed by atoms with van der Waals surface area (Å²) in [6, 6.07) is 3.81. The lowest BCUT2D eigenvalue weighted by atomic mass is 10.2. The monoisotopic (exact) mass is 528 g/mol. The third-order valence-corrected chi connectivity index (χ3v) is 6.47. The van der Waals surface area contributed by atoms with Crippen molar-refractivity contribution >= 4 is 46.6 Å². The van der Waals surface area contributed by atoms with Crippen LogP contribution in [0.1, 0.15) is 11.3 Å². The van der Waals surface area contributed by atoms with Gasteiger partial charge in [-0.25, -0.2) is 24.0 Å². The number of cyclic esters (lactones) is 1. The van der Waals surface area contributed by atoms with Crippen LogP contribution in [0.5, 0.6) is 0 Å². The van der Waals surface area contributed by atoms with Crippen molar-refractivity contribution in [2.75, 3.05) is 49.1 Å². The Hall–Kier alpha value is -2.73. The highest BCUT2D eigenvalue weighted by Crippen LogP contribution is 2.31. The maximum atomic E-state index is 15.0. The molecule has 2 aromatic rings. The molecule has 0 bridgehead atoms. The molecule has 9 nitrogen and oxygen atoms in total. The number of hydrogen-bond donors (Lipinski definition) is 2. The van der Waals surface area contributed by atoms with Gasteiger partial charge in [0, 0.05) is 54.6 Å². The van der Waals surface area contributed by atoms with E-state index in [9.17, 15) is 9.59 Å². The molecule has 0 unspecified atom stereocenters. The summed E-state index contributed by atoms with van der Waals surface area (Å²) >= 11 is 12.4. The standard InChI is InChI=1S/C22H24Cl2F2N6O3/c1-12-6-16(23)15(21(24)29-12)9-19(33)32-5-4-30(3-2-28-32)20-17(25)7-13(8-18(20)26)31-11-14(10-27)35-22(31)34/h6-8,14,28H,2-5,9-11,27H2,1H3/t14-/m0/s1. The molecule has 2 amide bonds. The second kappa shape index (κ2) is 10.5. The second-order valence-corrected chi connectivity index (χ2v) is 9.01. The Morgan fingerprint density at radius 1 is 1.23 bits per heavy atom. The van der Waals surface area contributed by atoms with Crippen molar-refractivity contribution in [2.45, 2.75) is 19.4 Å². The van der Waals surface area contributed by atoms with Crippen LogP contribution in [0.4, 0.5) is 25.0 Å². The number of ether oxygens (including phenoxy) is 1. The molecule has 3 heterocycles. The van der Waals surface area contributed by atoms with Crippen LogP contribution in [0.3, 0.4) is 0 Å². The van der Waals surface area contributed by atoms with Gasteiger partial charge >= 0.3 is 6.09 Å². The van der Waals surface area contributed by atoms with E-state index >= 15 is 8.78 Å². The van der Waals surface area contributed by atoms with Crippen LogP contribution in [0.25, 0.3) is 0 Å². The summed E-state index contributed by atoms with van der Waals surface area (Å²) < 4.78 is 35.1. The van der Waals surface area contributed by atoms with Crippen LogP contribution in [-0.4, -0.2) is 67.4 Å². The summed E-state index contributed by atoms with van der Waals surface area (Å²) in [5.74, 6) is -1.96. The van der Waals surface area contributed by atoms with Crippen molar-refractivity contribution < 1.29 is 23.1 Å². The van der Waals surface area contributed by atoms with Crippen molar-refractivity contribution in [1.29, 1.82) is 0 Å². The van der Waals surface area contributed by atoms with Crippen LogP contribution in [0.2, 0.25) is 10.2 Å². The van der Waals surface area contributed by atoms with Crippen molar-refractivity contribution in [3.05, 3.63) is 51.3 Å². The zero-order valence-corrected chi connectivity index (χ0v) is 20.4. The highest BCUT2D eigenvalue weighted by atomic mass is 35.5. The molecule has 4 rings (SSSR count). The molecule has 1 atom stereocenters. The van der Waals surface area contributed by atoms with E-state index in [2.05, 4.69) is 10.4 Å². The third-order valence-electron chi connectivity index (χ3n) is 5.82. The molecule has 2 aliphatic rings. The minimum absolute atomic E-state index is 0.0508. The van der Waals surface area contributed by atoms with E-state index in [0.717, 1.165) is 17.0 Å². The number of amides is 2. The Morgan fingerprint density at radius 3 is 2.57 bits per heavy atom. The van der Waals surface area contributed by atoms with E-state index < -0.39 is 23.8 Å². The number of pyridine rings is 1. The first-order valence-corrected chi connectivity index (χ1v) is 11.7. The molecule has 35 heavy (non-hydrogen) atoms. The van der Waals surface area contributed by atoms with E-state index in [-0.39, 0.29) is 68.1 Å². The summed E-state index contributed by atoms with van der Waals surface area (Å²) in [7, 11) is 0. The minimum Gasteiger partial charge on any atom is -0.443 e.